The van der Waals surface area contributed by atoms with Crippen molar-refractivity contribution >= 4 is 52.2 Å². The van der Waals surface area contributed by atoms with Crippen LogP contribution in [-0.4, -0.2) is 22.1 Å². The number of urea groups is 1. The molecule has 0 unspecified atom stereocenters. The van der Waals surface area contributed by atoms with Crippen LogP contribution < -0.4 is 10.6 Å². The Morgan fingerprint density at radius 2 is 1.81 bits per heavy atom. The molecule has 0 aliphatic carbocycles. The summed E-state index contributed by atoms with van der Waals surface area (Å²) in [6, 6.07) is 15.4. The van der Waals surface area contributed by atoms with Gasteiger partial charge in [-0.3, -0.25) is 15.4 Å². The first-order valence-electron chi connectivity index (χ1n) is 7.55. The molecule has 0 saturated heterocycles. The maximum absolute atomic E-state index is 12.0. The van der Waals surface area contributed by atoms with E-state index in [9.17, 15) is 9.59 Å². The summed E-state index contributed by atoms with van der Waals surface area (Å²) >= 11 is 7.02. The first kappa shape index (κ1) is 17.8. The van der Waals surface area contributed by atoms with Crippen LogP contribution in [0, 0.1) is 0 Å². The summed E-state index contributed by atoms with van der Waals surface area (Å²) in [6.07, 6.45) is 3.69. The molecular formula is C18H13ClN4O2S. The second-order valence-corrected chi connectivity index (χ2v) is 6.55. The van der Waals surface area contributed by atoms with Gasteiger partial charge < -0.3 is 0 Å². The zero-order chi connectivity index (χ0) is 18.4. The van der Waals surface area contributed by atoms with Crippen LogP contribution in [0.2, 0.25) is 5.02 Å². The Hall–Kier alpha value is -3.03. The zero-order valence-corrected chi connectivity index (χ0v) is 14.9. The van der Waals surface area contributed by atoms with E-state index >= 15 is 0 Å². The normalized spacial score (nSPS) is 10.7. The van der Waals surface area contributed by atoms with Crippen LogP contribution in [0.25, 0.3) is 12.2 Å². The molecule has 130 valence electrons. The van der Waals surface area contributed by atoms with Crippen molar-refractivity contribution in [2.75, 3.05) is 5.32 Å². The standard InChI is InChI=1S/C18H13ClN4O2S/c19-14-8-4-7-13(11-14)16(24)20-17(25)21-18-23-22-15(26-18)10-9-12-5-2-1-3-6-12/h1-11H,(H2,20,21,23,24,25)/b10-9+. The molecule has 2 aromatic carbocycles. The molecule has 6 nitrogen and oxygen atoms in total. The molecule has 3 aromatic rings. The molecule has 26 heavy (non-hydrogen) atoms. The molecule has 2 N–H and O–H groups in total. The van der Waals surface area contributed by atoms with Crippen LogP contribution in [-0.2, 0) is 0 Å². The fourth-order valence-electron chi connectivity index (χ4n) is 2.02. The van der Waals surface area contributed by atoms with Gasteiger partial charge in [-0.1, -0.05) is 65.4 Å². The lowest BCUT2D eigenvalue weighted by molar-refractivity contribution is 0.0967. The van der Waals surface area contributed by atoms with Gasteiger partial charge in [0.15, 0.2) is 0 Å². The molecule has 1 aromatic heterocycles. The summed E-state index contributed by atoms with van der Waals surface area (Å²) < 4.78 is 0. The van der Waals surface area contributed by atoms with Crippen molar-refractivity contribution < 1.29 is 9.59 Å². The number of carbonyl (C=O) groups excluding carboxylic acids is 2. The maximum Gasteiger partial charge on any atom is 0.328 e. The molecule has 0 saturated carbocycles. The number of hydrogen-bond acceptors (Lipinski definition) is 5. The smallest absolute Gasteiger partial charge is 0.282 e. The number of aromatic nitrogens is 2. The first-order valence-corrected chi connectivity index (χ1v) is 8.74. The van der Waals surface area contributed by atoms with Gasteiger partial charge in [-0.05, 0) is 29.8 Å². The summed E-state index contributed by atoms with van der Waals surface area (Å²) in [7, 11) is 0. The minimum Gasteiger partial charge on any atom is -0.282 e. The number of amides is 3. The van der Waals surface area contributed by atoms with Crippen molar-refractivity contribution in [3.63, 3.8) is 0 Å². The Balaban J connectivity index is 1.57. The molecule has 0 fully saturated rings. The van der Waals surface area contributed by atoms with Crippen LogP contribution >= 0.6 is 22.9 Å². The Kier molecular flexibility index (Phi) is 5.73. The average Bonchev–Trinajstić information content (AvgIpc) is 3.08. The second-order valence-electron chi connectivity index (χ2n) is 5.11. The topological polar surface area (TPSA) is 84.0 Å². The predicted molar refractivity (Wildman–Crippen MR) is 103 cm³/mol. The molecule has 0 atom stereocenters. The van der Waals surface area contributed by atoms with Gasteiger partial charge >= 0.3 is 6.03 Å². The minimum absolute atomic E-state index is 0.286. The number of benzene rings is 2. The highest BCUT2D eigenvalue weighted by Crippen LogP contribution is 2.17. The van der Waals surface area contributed by atoms with E-state index in [0.717, 1.165) is 5.56 Å². The SMILES string of the molecule is O=C(NC(=O)c1cccc(Cl)c1)Nc1nnc(/C=C/c2ccccc2)s1. The van der Waals surface area contributed by atoms with E-state index in [0.29, 0.717) is 10.0 Å². The molecule has 3 amide bonds. The number of imide groups is 1. The molecule has 0 bridgehead atoms. The van der Waals surface area contributed by atoms with E-state index in [1.165, 1.54) is 17.4 Å². The Bertz CT molecular complexity index is 957. The third-order valence-corrected chi connectivity index (χ3v) is 4.23. The van der Waals surface area contributed by atoms with E-state index in [1.807, 2.05) is 36.4 Å². The van der Waals surface area contributed by atoms with Crippen LogP contribution in [0.1, 0.15) is 20.9 Å². The van der Waals surface area contributed by atoms with Gasteiger partial charge in [-0.15, -0.1) is 10.2 Å². The number of nitrogens with zero attached hydrogens (tertiary/aromatic N) is 2. The van der Waals surface area contributed by atoms with E-state index < -0.39 is 11.9 Å². The van der Waals surface area contributed by atoms with Crippen molar-refractivity contribution in [3.8, 4) is 0 Å². The summed E-state index contributed by atoms with van der Waals surface area (Å²) in [4.78, 5) is 23.9. The highest BCUT2D eigenvalue weighted by molar-refractivity contribution is 7.16. The molecule has 0 radical (unpaired) electrons. The highest BCUT2D eigenvalue weighted by Gasteiger charge is 2.12. The van der Waals surface area contributed by atoms with Crippen molar-refractivity contribution in [1.29, 1.82) is 0 Å². The van der Waals surface area contributed by atoms with Crippen molar-refractivity contribution in [2.45, 2.75) is 0 Å². The summed E-state index contributed by atoms with van der Waals surface area (Å²) in [5, 5.41) is 13.9. The molecule has 8 heteroatoms. The van der Waals surface area contributed by atoms with E-state index in [4.69, 9.17) is 11.6 Å². The average molecular weight is 385 g/mol. The third-order valence-electron chi connectivity index (χ3n) is 3.19. The van der Waals surface area contributed by atoms with E-state index in [1.54, 1.807) is 24.3 Å². The number of anilines is 1. The lowest BCUT2D eigenvalue weighted by Crippen LogP contribution is -2.34. The summed E-state index contributed by atoms with van der Waals surface area (Å²) in [5.41, 5.74) is 1.32. The van der Waals surface area contributed by atoms with Crippen LogP contribution in [0.3, 0.4) is 0 Å². The number of carbonyl (C=O) groups is 2. The van der Waals surface area contributed by atoms with Crippen molar-refractivity contribution in [1.82, 2.24) is 15.5 Å². The minimum atomic E-state index is -0.690. The van der Waals surface area contributed by atoms with Crippen LogP contribution in [0.4, 0.5) is 9.93 Å². The van der Waals surface area contributed by atoms with Gasteiger partial charge in [0.1, 0.15) is 5.01 Å². The Morgan fingerprint density at radius 1 is 1.00 bits per heavy atom. The molecule has 0 aliphatic heterocycles. The van der Waals surface area contributed by atoms with Crippen LogP contribution in [0.5, 0.6) is 0 Å². The summed E-state index contributed by atoms with van der Waals surface area (Å²) in [6.45, 7) is 0. The zero-order valence-electron chi connectivity index (χ0n) is 13.3. The fourth-order valence-corrected chi connectivity index (χ4v) is 2.85. The molecule has 3 rings (SSSR count). The number of halogens is 1. The molecule has 0 spiro atoms. The predicted octanol–water partition coefficient (Wildman–Crippen LogP) is 4.32. The second kappa shape index (κ2) is 8.37. The van der Waals surface area contributed by atoms with Gasteiger partial charge in [0.05, 0.1) is 0 Å². The Labute approximate surface area is 158 Å². The van der Waals surface area contributed by atoms with Gasteiger partial charge in [0, 0.05) is 10.6 Å². The van der Waals surface area contributed by atoms with E-state index in [-0.39, 0.29) is 10.7 Å². The maximum atomic E-state index is 12.0. The van der Waals surface area contributed by atoms with Crippen LogP contribution in [0.15, 0.2) is 54.6 Å². The third kappa shape index (κ3) is 4.98. The van der Waals surface area contributed by atoms with Crippen molar-refractivity contribution in [3.05, 3.63) is 75.8 Å². The summed E-state index contributed by atoms with van der Waals surface area (Å²) in [5.74, 6) is -0.557. The van der Waals surface area contributed by atoms with Gasteiger partial charge in [0.25, 0.3) is 5.91 Å². The largest absolute Gasteiger partial charge is 0.328 e. The quantitative estimate of drug-likeness (QED) is 0.701. The van der Waals surface area contributed by atoms with E-state index in [2.05, 4.69) is 20.8 Å². The number of nitrogens with one attached hydrogen (secondary N) is 2. The molecular weight excluding hydrogens is 372 g/mol. The molecule has 1 heterocycles. The van der Waals surface area contributed by atoms with Gasteiger partial charge in [-0.25, -0.2) is 4.79 Å². The number of hydrogen-bond donors (Lipinski definition) is 2. The Morgan fingerprint density at radius 3 is 2.58 bits per heavy atom. The lowest BCUT2D eigenvalue weighted by Gasteiger charge is -2.04. The monoisotopic (exact) mass is 384 g/mol. The van der Waals surface area contributed by atoms with Crippen molar-refractivity contribution in [2.24, 2.45) is 0 Å². The van der Waals surface area contributed by atoms with Gasteiger partial charge in [0.2, 0.25) is 5.13 Å². The highest BCUT2D eigenvalue weighted by atomic mass is 35.5. The number of rotatable bonds is 4. The lowest BCUT2D eigenvalue weighted by atomic mass is 10.2. The molecule has 0 aliphatic rings. The first-order chi connectivity index (χ1) is 12.6. The fraction of sp³-hybridized carbons (Fsp3) is 0. The van der Waals surface area contributed by atoms with Gasteiger partial charge in [-0.2, -0.15) is 0 Å².